The summed E-state index contributed by atoms with van der Waals surface area (Å²) in [7, 11) is 0. The summed E-state index contributed by atoms with van der Waals surface area (Å²) in [4.78, 5) is 0. The van der Waals surface area contributed by atoms with Gasteiger partial charge in [-0.2, -0.15) is 0 Å². The Hall–Kier alpha value is -0.300. The van der Waals surface area contributed by atoms with E-state index in [0.29, 0.717) is 0 Å². The van der Waals surface area contributed by atoms with E-state index in [1.807, 2.05) is 13.0 Å². The standard InChI is InChI=1S/C5H10N/c1-3-4-5(2)6/h3-5H,1,6H2,2H3. The third-order valence-corrected chi connectivity index (χ3v) is 0.440. The normalized spacial score (nSPS) is 15.8. The molecule has 1 heteroatoms. The summed E-state index contributed by atoms with van der Waals surface area (Å²) in [6, 6.07) is 0.155. The molecule has 0 spiro atoms. The lowest BCUT2D eigenvalue weighted by molar-refractivity contribution is 0.926. The fourth-order valence-electron chi connectivity index (χ4n) is 0.215. The number of nitrogens with two attached hydrogens (primary N) is 1. The minimum absolute atomic E-state index is 0.155. The summed E-state index contributed by atoms with van der Waals surface area (Å²) in [5.41, 5.74) is 5.28. The molecule has 1 unspecified atom stereocenters. The molecule has 0 aliphatic rings. The van der Waals surface area contributed by atoms with Gasteiger partial charge in [-0.15, -0.1) is 0 Å². The molecule has 0 heterocycles. The average Bonchev–Trinajstić information content (AvgIpc) is 1.35. The Morgan fingerprint density at radius 2 is 2.33 bits per heavy atom. The van der Waals surface area contributed by atoms with Gasteiger partial charge in [-0.25, -0.2) is 0 Å². The Kier molecular flexibility index (Phi) is 2.77. The van der Waals surface area contributed by atoms with Gasteiger partial charge in [0.2, 0.25) is 0 Å². The highest BCUT2D eigenvalue weighted by atomic mass is 14.6. The first-order valence-corrected chi connectivity index (χ1v) is 1.99. The van der Waals surface area contributed by atoms with E-state index in [-0.39, 0.29) is 6.04 Å². The second kappa shape index (κ2) is 2.91. The van der Waals surface area contributed by atoms with Crippen molar-refractivity contribution < 1.29 is 0 Å². The molecule has 0 amide bonds. The molecule has 1 radical (unpaired) electrons. The van der Waals surface area contributed by atoms with E-state index in [1.165, 1.54) is 0 Å². The molecule has 0 aliphatic carbocycles. The molecule has 0 aromatic carbocycles. The topological polar surface area (TPSA) is 26.0 Å². The van der Waals surface area contributed by atoms with Gasteiger partial charge in [-0.3, -0.25) is 0 Å². The van der Waals surface area contributed by atoms with E-state index >= 15 is 0 Å². The molecule has 0 fully saturated rings. The van der Waals surface area contributed by atoms with Crippen LogP contribution in [0.25, 0.3) is 0 Å². The molecule has 1 atom stereocenters. The van der Waals surface area contributed by atoms with Crippen LogP contribution in [0.4, 0.5) is 0 Å². The molecule has 0 aromatic heterocycles. The van der Waals surface area contributed by atoms with Crippen LogP contribution >= 0.6 is 0 Å². The molecular weight excluding hydrogens is 74.1 g/mol. The Morgan fingerprint density at radius 3 is 2.33 bits per heavy atom. The van der Waals surface area contributed by atoms with Crippen molar-refractivity contribution in [3.05, 3.63) is 19.1 Å². The Labute approximate surface area is 38.8 Å². The lowest BCUT2D eigenvalue weighted by Crippen LogP contribution is -2.09. The van der Waals surface area contributed by atoms with Crippen molar-refractivity contribution in [2.45, 2.75) is 13.0 Å². The minimum atomic E-state index is 0.155. The van der Waals surface area contributed by atoms with Crippen molar-refractivity contribution in [1.29, 1.82) is 0 Å². The van der Waals surface area contributed by atoms with Crippen molar-refractivity contribution in [2.75, 3.05) is 0 Å². The fourth-order valence-corrected chi connectivity index (χ4v) is 0.215. The van der Waals surface area contributed by atoms with Gasteiger partial charge in [0.05, 0.1) is 0 Å². The summed E-state index contributed by atoms with van der Waals surface area (Å²) >= 11 is 0. The second-order valence-corrected chi connectivity index (χ2v) is 1.29. The first-order valence-electron chi connectivity index (χ1n) is 1.99. The highest BCUT2D eigenvalue weighted by Gasteiger charge is 1.76. The summed E-state index contributed by atoms with van der Waals surface area (Å²) in [5.74, 6) is 0. The second-order valence-electron chi connectivity index (χ2n) is 1.29. The predicted molar refractivity (Wildman–Crippen MR) is 28.1 cm³/mol. The third kappa shape index (κ3) is 3.70. The van der Waals surface area contributed by atoms with Crippen molar-refractivity contribution in [2.24, 2.45) is 5.73 Å². The zero-order valence-electron chi connectivity index (χ0n) is 4.02. The Bertz CT molecular complexity index is 45.9. The third-order valence-electron chi connectivity index (χ3n) is 0.440. The highest BCUT2D eigenvalue weighted by molar-refractivity contribution is 4.90. The molecule has 0 saturated heterocycles. The monoisotopic (exact) mass is 84.1 g/mol. The molecule has 0 bridgehead atoms. The van der Waals surface area contributed by atoms with E-state index in [1.54, 1.807) is 6.08 Å². The molecule has 6 heavy (non-hydrogen) atoms. The van der Waals surface area contributed by atoms with E-state index in [0.717, 1.165) is 0 Å². The average molecular weight is 84.1 g/mol. The largest absolute Gasteiger partial charge is 0.325 e. The molecule has 0 aliphatic heterocycles. The lowest BCUT2D eigenvalue weighted by Gasteiger charge is -1.88. The highest BCUT2D eigenvalue weighted by Crippen LogP contribution is 1.73. The number of allylic oxidation sites excluding steroid dienone is 1. The predicted octanol–water partition coefficient (Wildman–Crippen LogP) is 0.724. The van der Waals surface area contributed by atoms with Crippen LogP contribution in [0, 0.1) is 6.92 Å². The molecule has 0 saturated carbocycles. The number of rotatable bonds is 1. The number of hydrogen-bond acceptors (Lipinski definition) is 1. The fraction of sp³-hybridized carbons (Fsp3) is 0.400. The van der Waals surface area contributed by atoms with Crippen LogP contribution < -0.4 is 5.73 Å². The molecule has 0 aromatic rings. The summed E-state index contributed by atoms with van der Waals surface area (Å²) in [6.45, 7) is 5.37. The summed E-state index contributed by atoms with van der Waals surface area (Å²) in [5, 5.41) is 0. The first kappa shape index (κ1) is 5.70. The SMILES string of the molecule is [CH2]C=CC(C)N. The van der Waals surface area contributed by atoms with Gasteiger partial charge < -0.3 is 5.73 Å². The van der Waals surface area contributed by atoms with Crippen LogP contribution in [-0.2, 0) is 0 Å². The van der Waals surface area contributed by atoms with Crippen LogP contribution in [0.3, 0.4) is 0 Å². The van der Waals surface area contributed by atoms with Crippen LogP contribution in [0.5, 0.6) is 0 Å². The van der Waals surface area contributed by atoms with Gasteiger partial charge in [-0.1, -0.05) is 12.2 Å². The Balaban J connectivity index is 3.03. The first-order chi connectivity index (χ1) is 2.77. The van der Waals surface area contributed by atoms with Crippen LogP contribution in [0.15, 0.2) is 12.2 Å². The molecule has 1 nitrogen and oxygen atoms in total. The van der Waals surface area contributed by atoms with Crippen LogP contribution in [0.2, 0.25) is 0 Å². The van der Waals surface area contributed by atoms with Gasteiger partial charge in [0.25, 0.3) is 0 Å². The molecule has 2 N–H and O–H groups in total. The van der Waals surface area contributed by atoms with Crippen molar-refractivity contribution in [3.8, 4) is 0 Å². The van der Waals surface area contributed by atoms with Gasteiger partial charge in [0.1, 0.15) is 0 Å². The van der Waals surface area contributed by atoms with Crippen molar-refractivity contribution in [1.82, 2.24) is 0 Å². The smallest absolute Gasteiger partial charge is 0.0194 e. The van der Waals surface area contributed by atoms with E-state index in [2.05, 4.69) is 6.92 Å². The van der Waals surface area contributed by atoms with Gasteiger partial charge >= 0.3 is 0 Å². The maximum absolute atomic E-state index is 5.28. The maximum atomic E-state index is 5.28. The van der Waals surface area contributed by atoms with Crippen LogP contribution in [0.1, 0.15) is 6.92 Å². The minimum Gasteiger partial charge on any atom is -0.325 e. The van der Waals surface area contributed by atoms with Crippen molar-refractivity contribution in [3.63, 3.8) is 0 Å². The van der Waals surface area contributed by atoms with Crippen LogP contribution in [-0.4, -0.2) is 6.04 Å². The van der Waals surface area contributed by atoms with Gasteiger partial charge in [-0.05, 0) is 13.8 Å². The van der Waals surface area contributed by atoms with E-state index in [9.17, 15) is 0 Å². The molecule has 35 valence electrons. The van der Waals surface area contributed by atoms with Crippen molar-refractivity contribution >= 4 is 0 Å². The van der Waals surface area contributed by atoms with Gasteiger partial charge in [0.15, 0.2) is 0 Å². The summed E-state index contributed by atoms with van der Waals surface area (Å²) in [6.07, 6.45) is 3.53. The zero-order valence-corrected chi connectivity index (χ0v) is 4.02. The zero-order chi connectivity index (χ0) is 4.99. The lowest BCUT2D eigenvalue weighted by atomic mass is 10.3. The van der Waals surface area contributed by atoms with Gasteiger partial charge in [0, 0.05) is 6.04 Å². The van der Waals surface area contributed by atoms with E-state index < -0.39 is 0 Å². The maximum Gasteiger partial charge on any atom is 0.0194 e. The molecule has 0 rings (SSSR count). The summed E-state index contributed by atoms with van der Waals surface area (Å²) < 4.78 is 0. The number of hydrogen-bond donors (Lipinski definition) is 1. The van der Waals surface area contributed by atoms with E-state index in [4.69, 9.17) is 5.73 Å². The Morgan fingerprint density at radius 1 is 1.83 bits per heavy atom. The molecular formula is C5H10N. The quantitative estimate of drug-likeness (QED) is 0.498.